The van der Waals surface area contributed by atoms with Crippen molar-refractivity contribution in [3.8, 4) is 0 Å². The van der Waals surface area contributed by atoms with Crippen LogP contribution < -0.4 is 5.73 Å². The van der Waals surface area contributed by atoms with E-state index in [9.17, 15) is 0 Å². The lowest BCUT2D eigenvalue weighted by Crippen LogP contribution is -2.54. The maximum Gasteiger partial charge on any atom is 0.0509 e. The SMILES string of the molecule is CN1CCCN(C)C(C(N)C2CCCOC2)C1. The molecule has 2 saturated heterocycles. The van der Waals surface area contributed by atoms with Crippen LogP contribution in [-0.2, 0) is 4.74 Å². The van der Waals surface area contributed by atoms with E-state index in [1.807, 2.05) is 0 Å². The largest absolute Gasteiger partial charge is 0.381 e. The van der Waals surface area contributed by atoms with Gasteiger partial charge in [-0.3, -0.25) is 0 Å². The Morgan fingerprint density at radius 3 is 2.76 bits per heavy atom. The van der Waals surface area contributed by atoms with Crippen molar-refractivity contribution in [3.63, 3.8) is 0 Å². The Kier molecular flexibility index (Phi) is 4.79. The third-order valence-corrected chi connectivity index (χ3v) is 4.30. The molecular formula is C13H27N3O. The third-order valence-electron chi connectivity index (χ3n) is 4.30. The van der Waals surface area contributed by atoms with E-state index in [4.69, 9.17) is 10.5 Å². The van der Waals surface area contributed by atoms with Crippen molar-refractivity contribution in [1.29, 1.82) is 0 Å². The van der Waals surface area contributed by atoms with Crippen molar-refractivity contribution in [2.75, 3.05) is 46.9 Å². The van der Waals surface area contributed by atoms with Gasteiger partial charge in [0.05, 0.1) is 6.61 Å². The number of hydrogen-bond acceptors (Lipinski definition) is 4. The maximum atomic E-state index is 6.50. The molecule has 0 aliphatic carbocycles. The monoisotopic (exact) mass is 241 g/mol. The van der Waals surface area contributed by atoms with Gasteiger partial charge >= 0.3 is 0 Å². The standard InChI is InChI=1S/C13H27N3O/c1-15-6-4-7-16(2)12(9-15)13(14)11-5-3-8-17-10-11/h11-13H,3-10,14H2,1-2H3. The van der Waals surface area contributed by atoms with Crippen molar-refractivity contribution in [1.82, 2.24) is 9.80 Å². The predicted molar refractivity (Wildman–Crippen MR) is 70.1 cm³/mol. The lowest BCUT2D eigenvalue weighted by molar-refractivity contribution is 0.0280. The highest BCUT2D eigenvalue weighted by Crippen LogP contribution is 2.21. The van der Waals surface area contributed by atoms with Crippen LogP contribution in [0.3, 0.4) is 0 Å². The van der Waals surface area contributed by atoms with Crippen LogP contribution in [0.1, 0.15) is 19.3 Å². The first kappa shape index (κ1) is 13.3. The molecule has 17 heavy (non-hydrogen) atoms. The fraction of sp³-hybridized carbons (Fsp3) is 1.00. The molecule has 2 heterocycles. The number of rotatable bonds is 2. The molecule has 0 aromatic rings. The molecule has 2 aliphatic heterocycles. The molecule has 2 rings (SSSR count). The Balaban J connectivity index is 1.96. The van der Waals surface area contributed by atoms with Crippen LogP contribution >= 0.6 is 0 Å². The van der Waals surface area contributed by atoms with E-state index in [-0.39, 0.29) is 6.04 Å². The van der Waals surface area contributed by atoms with E-state index in [0.29, 0.717) is 12.0 Å². The summed E-state index contributed by atoms with van der Waals surface area (Å²) in [5.74, 6) is 0.544. The van der Waals surface area contributed by atoms with Crippen molar-refractivity contribution >= 4 is 0 Å². The highest BCUT2D eigenvalue weighted by Gasteiger charge is 2.32. The number of nitrogens with two attached hydrogens (primary N) is 1. The molecule has 0 aromatic carbocycles. The lowest BCUT2D eigenvalue weighted by atomic mass is 9.88. The van der Waals surface area contributed by atoms with Crippen LogP contribution in [0.2, 0.25) is 0 Å². The van der Waals surface area contributed by atoms with Gasteiger partial charge < -0.3 is 20.3 Å². The molecule has 0 spiro atoms. The zero-order valence-corrected chi connectivity index (χ0v) is 11.3. The summed E-state index contributed by atoms with van der Waals surface area (Å²) in [6.07, 6.45) is 3.65. The molecule has 3 atom stereocenters. The Labute approximate surface area is 105 Å². The van der Waals surface area contributed by atoms with Crippen LogP contribution in [0, 0.1) is 5.92 Å². The number of ether oxygens (including phenoxy) is 1. The van der Waals surface area contributed by atoms with E-state index < -0.39 is 0 Å². The van der Waals surface area contributed by atoms with Crippen LogP contribution in [0.25, 0.3) is 0 Å². The summed E-state index contributed by atoms with van der Waals surface area (Å²) >= 11 is 0. The van der Waals surface area contributed by atoms with Crippen molar-refractivity contribution < 1.29 is 4.74 Å². The Morgan fingerprint density at radius 2 is 2.06 bits per heavy atom. The molecule has 0 bridgehead atoms. The summed E-state index contributed by atoms with van der Waals surface area (Å²) in [6, 6.07) is 0.732. The zero-order chi connectivity index (χ0) is 12.3. The fourth-order valence-corrected chi connectivity index (χ4v) is 3.10. The Morgan fingerprint density at radius 1 is 1.24 bits per heavy atom. The first-order valence-corrected chi connectivity index (χ1v) is 6.90. The van der Waals surface area contributed by atoms with Gasteiger partial charge in [0.15, 0.2) is 0 Å². The summed E-state index contributed by atoms with van der Waals surface area (Å²) < 4.78 is 5.58. The van der Waals surface area contributed by atoms with Gasteiger partial charge in [0, 0.05) is 25.2 Å². The fourth-order valence-electron chi connectivity index (χ4n) is 3.10. The van der Waals surface area contributed by atoms with Gasteiger partial charge in [-0.05, 0) is 52.4 Å². The van der Waals surface area contributed by atoms with E-state index in [1.165, 1.54) is 25.8 Å². The lowest BCUT2D eigenvalue weighted by Gasteiger charge is -2.38. The summed E-state index contributed by atoms with van der Waals surface area (Å²) in [7, 11) is 4.42. The average molecular weight is 241 g/mol. The molecule has 4 nitrogen and oxygen atoms in total. The smallest absolute Gasteiger partial charge is 0.0509 e. The van der Waals surface area contributed by atoms with E-state index in [0.717, 1.165) is 26.3 Å². The van der Waals surface area contributed by atoms with Crippen molar-refractivity contribution in [2.45, 2.75) is 31.3 Å². The van der Waals surface area contributed by atoms with E-state index in [1.54, 1.807) is 0 Å². The van der Waals surface area contributed by atoms with Gasteiger partial charge in [0.1, 0.15) is 0 Å². The van der Waals surface area contributed by atoms with Crippen LogP contribution in [0.15, 0.2) is 0 Å². The van der Waals surface area contributed by atoms with E-state index >= 15 is 0 Å². The van der Waals surface area contributed by atoms with Crippen LogP contribution in [0.4, 0.5) is 0 Å². The summed E-state index contributed by atoms with van der Waals surface area (Å²) in [6.45, 7) is 5.22. The quantitative estimate of drug-likeness (QED) is 0.759. The van der Waals surface area contributed by atoms with Crippen LogP contribution in [0.5, 0.6) is 0 Å². The van der Waals surface area contributed by atoms with Gasteiger partial charge in [0.2, 0.25) is 0 Å². The molecule has 2 N–H and O–H groups in total. The third kappa shape index (κ3) is 3.41. The summed E-state index contributed by atoms with van der Waals surface area (Å²) in [5, 5.41) is 0. The molecule has 2 aliphatic rings. The highest BCUT2D eigenvalue weighted by atomic mass is 16.5. The van der Waals surface area contributed by atoms with Gasteiger partial charge in [-0.1, -0.05) is 0 Å². The minimum Gasteiger partial charge on any atom is -0.381 e. The van der Waals surface area contributed by atoms with Crippen molar-refractivity contribution in [2.24, 2.45) is 11.7 Å². The first-order valence-electron chi connectivity index (χ1n) is 6.90. The second kappa shape index (κ2) is 6.14. The summed E-state index contributed by atoms with van der Waals surface area (Å²) in [5.41, 5.74) is 6.50. The minimum atomic E-state index is 0.251. The molecule has 0 radical (unpaired) electrons. The maximum absolute atomic E-state index is 6.50. The zero-order valence-electron chi connectivity index (χ0n) is 11.3. The summed E-state index contributed by atoms with van der Waals surface area (Å²) in [4.78, 5) is 4.86. The van der Waals surface area contributed by atoms with Gasteiger partial charge in [-0.15, -0.1) is 0 Å². The molecule has 0 saturated carbocycles. The molecule has 0 amide bonds. The first-order chi connectivity index (χ1) is 8.18. The van der Waals surface area contributed by atoms with Crippen molar-refractivity contribution in [3.05, 3.63) is 0 Å². The molecule has 0 aromatic heterocycles. The number of likely N-dealkylation sites (N-methyl/N-ethyl adjacent to an activating group) is 2. The Bertz CT molecular complexity index is 231. The number of hydrogen-bond donors (Lipinski definition) is 1. The Hall–Kier alpha value is -0.160. The highest BCUT2D eigenvalue weighted by molar-refractivity contribution is 4.90. The molecular weight excluding hydrogens is 214 g/mol. The second-order valence-electron chi connectivity index (χ2n) is 5.72. The van der Waals surface area contributed by atoms with E-state index in [2.05, 4.69) is 23.9 Å². The topological polar surface area (TPSA) is 41.7 Å². The molecule has 4 heteroatoms. The molecule has 3 unspecified atom stereocenters. The predicted octanol–water partition coefficient (Wildman–Crippen LogP) is 0.376. The minimum absolute atomic E-state index is 0.251. The average Bonchev–Trinajstić information content (AvgIpc) is 2.51. The number of nitrogens with zero attached hydrogens (tertiary/aromatic N) is 2. The second-order valence-corrected chi connectivity index (χ2v) is 5.72. The molecule has 100 valence electrons. The van der Waals surface area contributed by atoms with Crippen LogP contribution in [-0.4, -0.2) is 68.8 Å². The molecule has 2 fully saturated rings. The normalized spacial score (nSPS) is 35.5. The van der Waals surface area contributed by atoms with Gasteiger partial charge in [0.25, 0.3) is 0 Å². The van der Waals surface area contributed by atoms with Gasteiger partial charge in [-0.25, -0.2) is 0 Å². The van der Waals surface area contributed by atoms with Gasteiger partial charge in [-0.2, -0.15) is 0 Å².